The molecule has 2 aromatic rings. The van der Waals surface area contributed by atoms with Gasteiger partial charge < -0.3 is 15.4 Å². The third-order valence-corrected chi connectivity index (χ3v) is 4.08. The molecule has 0 saturated heterocycles. The highest BCUT2D eigenvalue weighted by molar-refractivity contribution is 7.99. The lowest BCUT2D eigenvalue weighted by atomic mass is 10.3. The molecule has 0 amide bonds. The molecular weight excluding hydrogens is 312 g/mol. The number of ether oxygens (including phenoxy) is 1. The molecule has 0 atom stereocenters. The lowest BCUT2D eigenvalue weighted by molar-refractivity contribution is 0.340. The maximum Gasteiger partial charge on any atom is 0.170 e. The van der Waals surface area contributed by atoms with Crippen LogP contribution < -0.4 is 15.4 Å². The first-order valence-corrected chi connectivity index (χ1v) is 8.63. The highest BCUT2D eigenvalue weighted by Gasteiger charge is 1.99. The van der Waals surface area contributed by atoms with Crippen LogP contribution in [-0.4, -0.2) is 24.0 Å². The van der Waals surface area contributed by atoms with Crippen molar-refractivity contribution in [3.63, 3.8) is 0 Å². The van der Waals surface area contributed by atoms with Gasteiger partial charge in [0, 0.05) is 22.9 Å². The molecule has 0 spiro atoms. The molecular formula is C17H20N2OS2. The normalized spacial score (nSPS) is 10.0. The van der Waals surface area contributed by atoms with Crippen molar-refractivity contribution in [3.8, 4) is 5.75 Å². The first kappa shape index (κ1) is 16.6. The van der Waals surface area contributed by atoms with Crippen LogP contribution in [0.3, 0.4) is 0 Å². The first-order valence-electron chi connectivity index (χ1n) is 7.23. The molecule has 5 heteroatoms. The van der Waals surface area contributed by atoms with Crippen LogP contribution in [0.25, 0.3) is 0 Å². The molecule has 2 aromatic carbocycles. The number of hydrogen-bond acceptors (Lipinski definition) is 3. The van der Waals surface area contributed by atoms with Crippen molar-refractivity contribution >= 4 is 34.8 Å². The maximum absolute atomic E-state index is 5.41. The van der Waals surface area contributed by atoms with Gasteiger partial charge in [0.05, 0.1) is 6.61 Å². The summed E-state index contributed by atoms with van der Waals surface area (Å²) in [4.78, 5) is 1.27. The average molecular weight is 332 g/mol. The summed E-state index contributed by atoms with van der Waals surface area (Å²) in [5.74, 6) is 1.83. The lowest BCUT2D eigenvalue weighted by Crippen LogP contribution is -2.30. The Morgan fingerprint density at radius 2 is 1.82 bits per heavy atom. The van der Waals surface area contributed by atoms with E-state index in [0.717, 1.165) is 23.7 Å². The highest BCUT2D eigenvalue weighted by Crippen LogP contribution is 2.16. The van der Waals surface area contributed by atoms with E-state index < -0.39 is 0 Å². The second-order valence-corrected chi connectivity index (χ2v) is 6.08. The van der Waals surface area contributed by atoms with Gasteiger partial charge in [-0.3, -0.25) is 0 Å². The molecule has 0 aliphatic heterocycles. The summed E-state index contributed by atoms with van der Waals surface area (Å²) in [7, 11) is 0. The third-order valence-electron chi connectivity index (χ3n) is 2.82. The Kier molecular flexibility index (Phi) is 7.06. The minimum atomic E-state index is 0.637. The zero-order chi connectivity index (χ0) is 15.6. The van der Waals surface area contributed by atoms with E-state index in [2.05, 4.69) is 22.8 Å². The van der Waals surface area contributed by atoms with Gasteiger partial charge in [-0.05, 0) is 55.5 Å². The van der Waals surface area contributed by atoms with Crippen LogP contribution in [0.2, 0.25) is 0 Å². The van der Waals surface area contributed by atoms with Gasteiger partial charge in [-0.2, -0.15) is 0 Å². The lowest BCUT2D eigenvalue weighted by Gasteiger charge is -2.11. The molecule has 0 aliphatic carbocycles. The van der Waals surface area contributed by atoms with Gasteiger partial charge >= 0.3 is 0 Å². The van der Waals surface area contributed by atoms with Crippen LogP contribution in [0.1, 0.15) is 6.92 Å². The Balaban J connectivity index is 1.67. The van der Waals surface area contributed by atoms with E-state index in [1.165, 1.54) is 4.90 Å². The maximum atomic E-state index is 5.41. The van der Waals surface area contributed by atoms with Crippen molar-refractivity contribution in [2.45, 2.75) is 11.8 Å². The fourth-order valence-electron chi connectivity index (χ4n) is 1.83. The van der Waals surface area contributed by atoms with Gasteiger partial charge in [0.1, 0.15) is 5.75 Å². The van der Waals surface area contributed by atoms with Crippen LogP contribution in [0.15, 0.2) is 59.5 Å². The van der Waals surface area contributed by atoms with Crippen molar-refractivity contribution in [2.75, 3.05) is 24.2 Å². The van der Waals surface area contributed by atoms with E-state index in [0.29, 0.717) is 11.7 Å². The van der Waals surface area contributed by atoms with Crippen molar-refractivity contribution in [1.82, 2.24) is 5.32 Å². The molecule has 0 aromatic heterocycles. The predicted octanol–water partition coefficient (Wildman–Crippen LogP) is 4.16. The van der Waals surface area contributed by atoms with E-state index in [1.54, 1.807) is 0 Å². The summed E-state index contributed by atoms with van der Waals surface area (Å²) in [6, 6.07) is 18.1. The van der Waals surface area contributed by atoms with Gasteiger partial charge in [-0.1, -0.05) is 18.2 Å². The second kappa shape index (κ2) is 9.33. The molecule has 0 fully saturated rings. The van der Waals surface area contributed by atoms with E-state index in [1.807, 2.05) is 61.2 Å². The number of rotatable bonds is 7. The van der Waals surface area contributed by atoms with Crippen molar-refractivity contribution < 1.29 is 4.74 Å². The molecule has 0 aliphatic rings. The second-order valence-electron chi connectivity index (χ2n) is 4.50. The minimum absolute atomic E-state index is 0.637. The summed E-state index contributed by atoms with van der Waals surface area (Å²) in [6.07, 6.45) is 0. The smallest absolute Gasteiger partial charge is 0.170 e. The fraction of sp³-hybridized carbons (Fsp3) is 0.235. The molecule has 0 radical (unpaired) electrons. The summed E-state index contributed by atoms with van der Waals surface area (Å²) in [5.41, 5.74) is 0.955. The summed E-state index contributed by atoms with van der Waals surface area (Å²) < 4.78 is 5.41. The van der Waals surface area contributed by atoms with Crippen molar-refractivity contribution in [2.24, 2.45) is 0 Å². The van der Waals surface area contributed by atoms with E-state index in [9.17, 15) is 0 Å². The molecule has 116 valence electrons. The summed E-state index contributed by atoms with van der Waals surface area (Å²) in [6.45, 7) is 3.47. The molecule has 22 heavy (non-hydrogen) atoms. The van der Waals surface area contributed by atoms with Crippen LogP contribution in [0.5, 0.6) is 5.75 Å². The number of thiocarbonyl (C=S) groups is 1. The minimum Gasteiger partial charge on any atom is -0.494 e. The topological polar surface area (TPSA) is 33.3 Å². The summed E-state index contributed by atoms with van der Waals surface area (Å²) in [5, 5.41) is 7.01. The molecule has 2 N–H and O–H groups in total. The predicted molar refractivity (Wildman–Crippen MR) is 99.0 cm³/mol. The number of benzene rings is 2. The molecule has 0 bridgehead atoms. The number of nitrogens with one attached hydrogen (secondary N) is 2. The zero-order valence-corrected chi connectivity index (χ0v) is 14.2. The van der Waals surface area contributed by atoms with E-state index in [4.69, 9.17) is 17.0 Å². The van der Waals surface area contributed by atoms with Gasteiger partial charge in [-0.25, -0.2) is 0 Å². The van der Waals surface area contributed by atoms with Gasteiger partial charge in [-0.15, -0.1) is 11.8 Å². The van der Waals surface area contributed by atoms with Gasteiger partial charge in [0.25, 0.3) is 0 Å². The van der Waals surface area contributed by atoms with Crippen LogP contribution in [0, 0.1) is 0 Å². The SMILES string of the molecule is CCOc1ccc(NC(=S)NCCSc2ccccc2)cc1. The third kappa shape index (κ3) is 5.95. The van der Waals surface area contributed by atoms with E-state index in [-0.39, 0.29) is 0 Å². The Labute approximate surface area is 141 Å². The number of thioether (sulfide) groups is 1. The van der Waals surface area contributed by atoms with Gasteiger partial charge in [0.2, 0.25) is 0 Å². The van der Waals surface area contributed by atoms with Crippen molar-refractivity contribution in [3.05, 3.63) is 54.6 Å². The zero-order valence-electron chi connectivity index (χ0n) is 12.5. The fourth-order valence-corrected chi connectivity index (χ4v) is 2.84. The van der Waals surface area contributed by atoms with Crippen LogP contribution in [-0.2, 0) is 0 Å². The van der Waals surface area contributed by atoms with Crippen molar-refractivity contribution in [1.29, 1.82) is 0 Å². The molecule has 0 saturated carbocycles. The monoisotopic (exact) mass is 332 g/mol. The summed E-state index contributed by atoms with van der Waals surface area (Å²) >= 11 is 7.10. The van der Waals surface area contributed by atoms with Crippen LogP contribution in [0.4, 0.5) is 5.69 Å². The largest absolute Gasteiger partial charge is 0.494 e. The Morgan fingerprint density at radius 3 is 2.50 bits per heavy atom. The average Bonchev–Trinajstić information content (AvgIpc) is 2.55. The Morgan fingerprint density at radius 1 is 1.09 bits per heavy atom. The quantitative estimate of drug-likeness (QED) is 0.452. The van der Waals surface area contributed by atoms with Gasteiger partial charge in [0.15, 0.2) is 5.11 Å². The van der Waals surface area contributed by atoms with E-state index >= 15 is 0 Å². The standard InChI is InChI=1S/C17H20N2OS2/c1-2-20-15-10-8-14(9-11-15)19-17(21)18-12-13-22-16-6-4-3-5-7-16/h3-11H,2,12-13H2,1H3,(H2,18,19,21). The molecule has 2 rings (SSSR count). The highest BCUT2D eigenvalue weighted by atomic mass is 32.2. The molecule has 3 nitrogen and oxygen atoms in total. The number of hydrogen-bond donors (Lipinski definition) is 2. The Hall–Kier alpha value is -1.72. The molecule has 0 heterocycles. The molecule has 0 unspecified atom stereocenters. The number of anilines is 1. The Bertz CT molecular complexity index is 573. The first-order chi connectivity index (χ1) is 10.8. The van der Waals surface area contributed by atoms with Crippen LogP contribution >= 0.6 is 24.0 Å².